The van der Waals surface area contributed by atoms with E-state index in [1.807, 2.05) is 24.0 Å². The third kappa shape index (κ3) is 4.25. The quantitative estimate of drug-likeness (QED) is 0.501. The van der Waals surface area contributed by atoms with Gasteiger partial charge in [-0.25, -0.2) is 9.13 Å². The predicted octanol–water partition coefficient (Wildman–Crippen LogP) is 3.33. The zero-order valence-corrected chi connectivity index (χ0v) is 10.6. The molecule has 1 aromatic rings. The highest BCUT2D eigenvalue weighted by molar-refractivity contribution is 6.27. The summed E-state index contributed by atoms with van der Waals surface area (Å²) in [4.78, 5) is 0. The molecule has 0 aliphatic heterocycles. The predicted molar refractivity (Wildman–Crippen MR) is 64.0 cm³/mol. The number of aromatic nitrogens is 2. The topological polar surface area (TPSA) is 8.81 Å². The van der Waals surface area contributed by atoms with Crippen molar-refractivity contribution in [2.45, 2.75) is 52.0 Å². The highest BCUT2D eigenvalue weighted by Crippen LogP contribution is 2.06. The minimum Gasteiger partial charge on any atom is -0.223 e. The van der Waals surface area contributed by atoms with Crippen LogP contribution < -0.4 is 4.57 Å². The van der Waals surface area contributed by atoms with Crippen LogP contribution in [-0.4, -0.2) is 4.57 Å². The highest BCUT2D eigenvalue weighted by atomic mass is 35.5. The van der Waals surface area contributed by atoms with Crippen molar-refractivity contribution >= 4 is 11.6 Å². The molecule has 0 atom stereocenters. The molecule has 1 aromatic heterocycles. The van der Waals surface area contributed by atoms with E-state index in [2.05, 4.69) is 11.5 Å². The van der Waals surface area contributed by atoms with E-state index in [0.29, 0.717) is 0 Å². The highest BCUT2D eigenvalue weighted by Gasteiger charge is 2.09. The van der Waals surface area contributed by atoms with Crippen LogP contribution in [0.15, 0.2) is 12.4 Å². The Labute approximate surface area is 97.9 Å². The molecule has 86 valence electrons. The Balaban J connectivity index is 2.12. The molecular formula is C12H22ClN2+. The Morgan fingerprint density at radius 2 is 1.87 bits per heavy atom. The zero-order valence-electron chi connectivity index (χ0n) is 9.88. The molecule has 0 saturated carbocycles. The molecule has 0 amide bonds. The Bertz CT molecular complexity index is 281. The summed E-state index contributed by atoms with van der Waals surface area (Å²) in [5.74, 6) is 0. The van der Waals surface area contributed by atoms with E-state index in [1.165, 1.54) is 38.5 Å². The second-order valence-electron chi connectivity index (χ2n) is 4.14. The summed E-state index contributed by atoms with van der Waals surface area (Å²) in [6, 6.07) is 0. The minimum absolute atomic E-state index is 0.823. The van der Waals surface area contributed by atoms with E-state index >= 15 is 0 Å². The first-order valence-electron chi connectivity index (χ1n) is 5.96. The second-order valence-corrected chi connectivity index (χ2v) is 4.48. The van der Waals surface area contributed by atoms with Gasteiger partial charge in [0.25, 0.3) is 0 Å². The van der Waals surface area contributed by atoms with Gasteiger partial charge in [-0.2, -0.15) is 0 Å². The van der Waals surface area contributed by atoms with Gasteiger partial charge in [-0.15, -0.1) is 0 Å². The molecule has 2 nitrogen and oxygen atoms in total. The number of aryl methyl sites for hydroxylation is 2. The minimum atomic E-state index is 0.823. The van der Waals surface area contributed by atoms with Crippen molar-refractivity contribution in [2.24, 2.45) is 7.05 Å². The van der Waals surface area contributed by atoms with Crippen LogP contribution in [0.3, 0.4) is 0 Å². The molecule has 0 bridgehead atoms. The van der Waals surface area contributed by atoms with Crippen LogP contribution in [0.25, 0.3) is 0 Å². The van der Waals surface area contributed by atoms with E-state index in [4.69, 9.17) is 11.6 Å². The molecule has 0 aliphatic carbocycles. The number of rotatable bonds is 7. The first kappa shape index (κ1) is 12.6. The summed E-state index contributed by atoms with van der Waals surface area (Å²) in [5, 5.41) is 0.823. The van der Waals surface area contributed by atoms with Crippen molar-refractivity contribution in [1.82, 2.24) is 4.57 Å². The summed E-state index contributed by atoms with van der Waals surface area (Å²) in [7, 11) is 1.97. The van der Waals surface area contributed by atoms with Crippen LogP contribution in [-0.2, 0) is 13.6 Å². The smallest absolute Gasteiger partial charge is 0.223 e. The Kier molecular flexibility index (Phi) is 5.77. The summed E-state index contributed by atoms with van der Waals surface area (Å²) in [5.41, 5.74) is 0. The summed E-state index contributed by atoms with van der Waals surface area (Å²) in [6.07, 6.45) is 12.0. The Hall–Kier alpha value is -0.500. The van der Waals surface area contributed by atoms with Gasteiger partial charge in [0.05, 0.1) is 13.6 Å². The molecule has 0 N–H and O–H groups in total. The van der Waals surface area contributed by atoms with E-state index in [9.17, 15) is 0 Å². The number of nitrogens with zero attached hydrogens (tertiary/aromatic N) is 2. The third-order valence-electron chi connectivity index (χ3n) is 2.75. The molecule has 0 unspecified atom stereocenters. The van der Waals surface area contributed by atoms with Gasteiger partial charge in [0, 0.05) is 11.6 Å². The van der Waals surface area contributed by atoms with Gasteiger partial charge in [-0.3, -0.25) is 0 Å². The van der Waals surface area contributed by atoms with Gasteiger partial charge in [0.15, 0.2) is 0 Å². The first-order valence-corrected chi connectivity index (χ1v) is 6.33. The molecule has 0 saturated heterocycles. The van der Waals surface area contributed by atoms with E-state index in [0.717, 1.165) is 11.8 Å². The summed E-state index contributed by atoms with van der Waals surface area (Å²) >= 11 is 6.10. The lowest BCUT2D eigenvalue weighted by Gasteiger charge is -1.99. The molecular weight excluding hydrogens is 208 g/mol. The largest absolute Gasteiger partial charge is 0.354 e. The van der Waals surface area contributed by atoms with E-state index in [1.54, 1.807) is 0 Å². The lowest BCUT2D eigenvalue weighted by atomic mass is 10.1. The standard InChI is InChI=1S/C12H22ClN2/c1-3-4-5-6-7-8-9-15-11-10-14(2)12(15)13/h10-11H,3-9H2,1-2H3/q+1. The number of hydrogen-bond donors (Lipinski definition) is 0. The molecule has 0 aromatic carbocycles. The zero-order chi connectivity index (χ0) is 11.1. The normalized spacial score (nSPS) is 10.9. The maximum absolute atomic E-state index is 6.10. The molecule has 0 aliphatic rings. The molecule has 1 heterocycles. The monoisotopic (exact) mass is 229 g/mol. The number of hydrogen-bond acceptors (Lipinski definition) is 0. The Morgan fingerprint density at radius 1 is 1.20 bits per heavy atom. The van der Waals surface area contributed by atoms with Crippen LogP contribution in [0, 0.1) is 0 Å². The van der Waals surface area contributed by atoms with Crippen molar-refractivity contribution in [3.05, 3.63) is 17.7 Å². The molecule has 0 radical (unpaired) electrons. The average molecular weight is 230 g/mol. The maximum Gasteiger partial charge on any atom is 0.354 e. The summed E-state index contributed by atoms with van der Waals surface area (Å²) < 4.78 is 4.06. The lowest BCUT2D eigenvalue weighted by molar-refractivity contribution is -0.694. The van der Waals surface area contributed by atoms with Crippen molar-refractivity contribution in [2.75, 3.05) is 0 Å². The lowest BCUT2D eigenvalue weighted by Crippen LogP contribution is -2.33. The number of halogens is 1. The molecule has 0 spiro atoms. The fraction of sp³-hybridized carbons (Fsp3) is 0.750. The third-order valence-corrected chi connectivity index (χ3v) is 3.23. The van der Waals surface area contributed by atoms with Gasteiger partial charge >= 0.3 is 5.28 Å². The Morgan fingerprint density at radius 3 is 2.47 bits per heavy atom. The van der Waals surface area contributed by atoms with Gasteiger partial charge < -0.3 is 0 Å². The SMILES string of the molecule is CCCCCCCC[n+]1ccn(C)c1Cl. The van der Waals surface area contributed by atoms with Crippen molar-refractivity contribution in [3.63, 3.8) is 0 Å². The molecule has 1 rings (SSSR count). The van der Waals surface area contributed by atoms with E-state index < -0.39 is 0 Å². The maximum atomic E-state index is 6.10. The number of unbranched alkanes of at least 4 members (excludes halogenated alkanes) is 5. The van der Waals surface area contributed by atoms with Crippen LogP contribution in [0.4, 0.5) is 0 Å². The number of imidazole rings is 1. The van der Waals surface area contributed by atoms with Crippen LogP contribution in [0.1, 0.15) is 45.4 Å². The first-order chi connectivity index (χ1) is 7.25. The van der Waals surface area contributed by atoms with Crippen molar-refractivity contribution in [1.29, 1.82) is 0 Å². The van der Waals surface area contributed by atoms with Crippen molar-refractivity contribution in [3.8, 4) is 0 Å². The molecule has 0 fully saturated rings. The average Bonchev–Trinajstić information content (AvgIpc) is 2.54. The van der Waals surface area contributed by atoms with Gasteiger partial charge in [0.2, 0.25) is 0 Å². The fourth-order valence-electron chi connectivity index (χ4n) is 1.74. The van der Waals surface area contributed by atoms with Gasteiger partial charge in [0.1, 0.15) is 12.4 Å². The van der Waals surface area contributed by atoms with Gasteiger partial charge in [-0.1, -0.05) is 32.6 Å². The van der Waals surface area contributed by atoms with Crippen LogP contribution >= 0.6 is 11.6 Å². The molecule has 15 heavy (non-hydrogen) atoms. The molecule has 3 heteroatoms. The van der Waals surface area contributed by atoms with Gasteiger partial charge in [-0.05, 0) is 12.8 Å². The second kappa shape index (κ2) is 6.89. The van der Waals surface area contributed by atoms with Crippen molar-refractivity contribution < 1.29 is 4.57 Å². The van der Waals surface area contributed by atoms with Crippen LogP contribution in [0.5, 0.6) is 0 Å². The van der Waals surface area contributed by atoms with Crippen LogP contribution in [0.2, 0.25) is 5.28 Å². The summed E-state index contributed by atoms with van der Waals surface area (Å²) in [6.45, 7) is 3.30. The van der Waals surface area contributed by atoms with E-state index in [-0.39, 0.29) is 0 Å². The fourth-order valence-corrected chi connectivity index (χ4v) is 1.93.